The molecule has 200 valence electrons. The van der Waals surface area contributed by atoms with E-state index in [4.69, 9.17) is 28.8 Å². The zero-order chi connectivity index (χ0) is 26.3. The van der Waals surface area contributed by atoms with Crippen molar-refractivity contribution < 1.29 is 42.6 Å². The van der Waals surface area contributed by atoms with Gasteiger partial charge in [0.05, 0.1) is 38.2 Å². The Morgan fingerprint density at radius 1 is 1.44 bits per heavy atom. The first-order chi connectivity index (χ1) is 16.9. The van der Waals surface area contributed by atoms with E-state index in [1.54, 1.807) is 20.8 Å². The molecule has 2 saturated heterocycles. The maximum Gasteiger partial charge on any atom is 0.475 e. The fourth-order valence-electron chi connectivity index (χ4n) is 3.80. The van der Waals surface area contributed by atoms with Gasteiger partial charge < -0.3 is 25.4 Å². The summed E-state index contributed by atoms with van der Waals surface area (Å²) in [5, 5.41) is 20.5. The van der Waals surface area contributed by atoms with E-state index in [0.717, 1.165) is 11.8 Å². The fourth-order valence-corrected chi connectivity index (χ4v) is 6.20. The number of imidazole rings is 1. The highest BCUT2D eigenvalue weighted by Gasteiger charge is 2.60. The molecule has 4 rings (SSSR count). The van der Waals surface area contributed by atoms with Gasteiger partial charge in [-0.3, -0.25) is 22.9 Å². The molecular formula is C20H30N5O9PS. The average Bonchev–Trinajstić information content (AvgIpc) is 3.34. The number of thioether (sulfide) groups is 1. The summed E-state index contributed by atoms with van der Waals surface area (Å²) in [6, 6.07) is 0. The molecule has 0 aliphatic carbocycles. The van der Waals surface area contributed by atoms with Gasteiger partial charge >= 0.3 is 7.82 Å². The third kappa shape index (κ3) is 5.11. The molecule has 14 nitrogen and oxygen atoms in total. The van der Waals surface area contributed by atoms with Crippen molar-refractivity contribution in [1.29, 1.82) is 0 Å². The zero-order valence-electron chi connectivity index (χ0n) is 20.3. The van der Waals surface area contributed by atoms with Gasteiger partial charge in [-0.25, -0.2) is 9.55 Å². The molecule has 4 N–H and O–H groups in total. The number of ether oxygens (including phenoxy) is 2. The maximum atomic E-state index is 13.1. The number of nitrogens with two attached hydrogens (primary N) is 1. The van der Waals surface area contributed by atoms with Crippen molar-refractivity contribution in [1.82, 2.24) is 19.5 Å². The highest BCUT2D eigenvalue weighted by molar-refractivity contribution is 8.13. The molecule has 2 aromatic heterocycles. The van der Waals surface area contributed by atoms with Gasteiger partial charge in [0.1, 0.15) is 17.8 Å². The van der Waals surface area contributed by atoms with Crippen LogP contribution in [0.4, 0.5) is 5.95 Å². The summed E-state index contributed by atoms with van der Waals surface area (Å²) in [7, 11) is -4.05. The molecule has 0 unspecified atom stereocenters. The molecule has 2 fully saturated rings. The van der Waals surface area contributed by atoms with Gasteiger partial charge in [0.25, 0.3) is 0 Å². The van der Waals surface area contributed by atoms with Gasteiger partial charge in [-0.2, -0.15) is 9.97 Å². The first-order valence-corrected chi connectivity index (χ1v) is 13.7. The molecule has 2 aromatic rings. The van der Waals surface area contributed by atoms with E-state index in [2.05, 4.69) is 15.0 Å². The molecule has 0 aromatic carbocycles. The predicted octanol–water partition coefficient (Wildman–Crippen LogP) is 1.27. The molecule has 0 radical (unpaired) electrons. The Balaban J connectivity index is 1.46. The standard InChI is InChI=1S/C20H30N5O9PS/c1-5-30-15-12-14(23-18(21)24-15)25(10-22-12)16-20(4,28)13-11(33-16)8-32-35(29,34-13)31-6-7-36-17(27)19(2,3)9-26/h10-11,13,16,26,28H,5-9H2,1-4H3,(H2,21,23,24)/t11-,13-,16-,20-,35+/m1/s1. The van der Waals surface area contributed by atoms with Crippen LogP contribution in [-0.2, 0) is 27.7 Å². The smallest absolute Gasteiger partial charge is 0.475 e. The van der Waals surface area contributed by atoms with Crippen molar-refractivity contribution in [3.05, 3.63) is 6.33 Å². The van der Waals surface area contributed by atoms with Crippen LogP contribution in [0.5, 0.6) is 5.88 Å². The van der Waals surface area contributed by atoms with Crippen LogP contribution in [0, 0.1) is 5.41 Å². The van der Waals surface area contributed by atoms with Crippen LogP contribution in [-0.4, -0.2) is 84.8 Å². The fraction of sp³-hybridized carbons (Fsp3) is 0.700. The number of phosphoric acid groups is 1. The summed E-state index contributed by atoms with van der Waals surface area (Å²) in [5.41, 5.74) is 3.86. The second-order valence-electron chi connectivity index (χ2n) is 9.18. The predicted molar refractivity (Wildman–Crippen MR) is 128 cm³/mol. The molecular weight excluding hydrogens is 517 g/mol. The van der Waals surface area contributed by atoms with Gasteiger partial charge in [0.15, 0.2) is 22.5 Å². The Morgan fingerprint density at radius 3 is 2.89 bits per heavy atom. The van der Waals surface area contributed by atoms with Crippen LogP contribution >= 0.6 is 19.6 Å². The second kappa shape index (κ2) is 10.1. The van der Waals surface area contributed by atoms with Crippen molar-refractivity contribution in [3.8, 4) is 5.88 Å². The van der Waals surface area contributed by atoms with Gasteiger partial charge in [-0.15, -0.1) is 0 Å². The van der Waals surface area contributed by atoms with E-state index in [1.807, 2.05) is 0 Å². The molecule has 36 heavy (non-hydrogen) atoms. The van der Waals surface area contributed by atoms with Crippen molar-refractivity contribution in [3.63, 3.8) is 0 Å². The molecule has 0 saturated carbocycles. The lowest BCUT2D eigenvalue weighted by Crippen LogP contribution is -2.47. The van der Waals surface area contributed by atoms with Crippen LogP contribution in [0.1, 0.15) is 33.9 Å². The van der Waals surface area contributed by atoms with Crippen molar-refractivity contribution in [2.75, 3.05) is 37.9 Å². The Kier molecular flexibility index (Phi) is 7.66. The zero-order valence-corrected chi connectivity index (χ0v) is 22.0. The number of nitrogens with zero attached hydrogens (tertiary/aromatic N) is 4. The molecule has 4 heterocycles. The number of fused-ring (bicyclic) bond motifs is 2. The number of hydrogen-bond acceptors (Lipinski definition) is 14. The molecule has 2 aliphatic heterocycles. The first kappa shape index (κ1) is 27.2. The van der Waals surface area contributed by atoms with E-state index in [0.29, 0.717) is 12.1 Å². The summed E-state index contributed by atoms with van der Waals surface area (Å²) < 4.78 is 42.4. The molecule has 16 heteroatoms. The lowest BCUT2D eigenvalue weighted by molar-refractivity contribution is -0.119. The summed E-state index contributed by atoms with van der Waals surface area (Å²) in [6.45, 7) is 6.30. The summed E-state index contributed by atoms with van der Waals surface area (Å²) in [5.74, 6) is 0.330. The van der Waals surface area contributed by atoms with Gasteiger partial charge in [-0.05, 0) is 27.7 Å². The third-order valence-corrected chi connectivity index (χ3v) is 8.45. The molecule has 0 bridgehead atoms. The number of aliphatic hydroxyl groups is 2. The first-order valence-electron chi connectivity index (χ1n) is 11.3. The van der Waals surface area contributed by atoms with E-state index in [1.165, 1.54) is 17.8 Å². The number of hydrogen-bond donors (Lipinski definition) is 3. The number of anilines is 1. The number of carbonyl (C=O) groups excluding carboxylic acids is 1. The van der Waals surface area contributed by atoms with Crippen LogP contribution < -0.4 is 10.5 Å². The van der Waals surface area contributed by atoms with Crippen LogP contribution in [0.25, 0.3) is 11.2 Å². The number of aromatic nitrogens is 4. The Labute approximate surface area is 211 Å². The van der Waals surface area contributed by atoms with Crippen molar-refractivity contribution >= 4 is 41.8 Å². The monoisotopic (exact) mass is 547 g/mol. The minimum atomic E-state index is -4.05. The summed E-state index contributed by atoms with van der Waals surface area (Å²) >= 11 is 0.947. The van der Waals surface area contributed by atoms with Gasteiger partial charge in [0.2, 0.25) is 11.8 Å². The minimum absolute atomic E-state index is 0.0426. The normalized spacial score (nSPS) is 30.4. The SMILES string of the molecule is CCOc1nc(N)nc2c1ncn2[C@@H]1O[C@@H]2CO[P@](=O)(OCCSC(=O)C(C)(C)CO)O[C@H]2[C@@]1(C)O. The van der Waals surface area contributed by atoms with Crippen LogP contribution in [0.3, 0.4) is 0 Å². The maximum absolute atomic E-state index is 13.1. The molecule has 2 aliphatic rings. The van der Waals surface area contributed by atoms with E-state index in [-0.39, 0.29) is 48.2 Å². The molecule has 0 amide bonds. The topological polar surface area (TPSA) is 190 Å². The highest BCUT2D eigenvalue weighted by Crippen LogP contribution is 2.58. The minimum Gasteiger partial charge on any atom is -0.476 e. The number of phosphoric ester groups is 1. The van der Waals surface area contributed by atoms with Crippen LogP contribution in [0.15, 0.2) is 6.33 Å². The van der Waals surface area contributed by atoms with Crippen LogP contribution in [0.2, 0.25) is 0 Å². The van der Waals surface area contributed by atoms with Crippen molar-refractivity contribution in [2.45, 2.75) is 51.7 Å². The Morgan fingerprint density at radius 2 is 2.19 bits per heavy atom. The van der Waals surface area contributed by atoms with Gasteiger partial charge in [-0.1, -0.05) is 11.8 Å². The second-order valence-corrected chi connectivity index (χ2v) is 11.9. The largest absolute Gasteiger partial charge is 0.476 e. The van der Waals surface area contributed by atoms with Crippen molar-refractivity contribution in [2.24, 2.45) is 5.41 Å². The number of nitrogen functional groups attached to an aromatic ring is 1. The molecule has 0 spiro atoms. The lowest BCUT2D eigenvalue weighted by atomic mass is 9.96. The average molecular weight is 548 g/mol. The highest BCUT2D eigenvalue weighted by atomic mass is 32.2. The number of carbonyl (C=O) groups is 1. The van der Waals surface area contributed by atoms with Gasteiger partial charge in [0, 0.05) is 5.75 Å². The Bertz CT molecular complexity index is 1180. The number of aliphatic hydroxyl groups excluding tert-OH is 1. The number of rotatable bonds is 9. The Hall–Kier alpha value is -1.84. The lowest BCUT2D eigenvalue weighted by Gasteiger charge is -2.35. The third-order valence-electron chi connectivity index (χ3n) is 5.81. The molecule has 5 atom stereocenters. The summed E-state index contributed by atoms with van der Waals surface area (Å²) in [6.07, 6.45) is -1.45. The van der Waals surface area contributed by atoms with E-state index < -0.39 is 37.3 Å². The quantitative estimate of drug-likeness (QED) is 0.300. The van der Waals surface area contributed by atoms with E-state index >= 15 is 0 Å². The summed E-state index contributed by atoms with van der Waals surface area (Å²) in [4.78, 5) is 24.7. The van der Waals surface area contributed by atoms with E-state index in [9.17, 15) is 19.6 Å².